The summed E-state index contributed by atoms with van der Waals surface area (Å²) in [5.74, 6) is -0.349. The minimum Gasteiger partial charge on any atom is -0.370 e. The van der Waals surface area contributed by atoms with Crippen molar-refractivity contribution in [3.63, 3.8) is 0 Å². The van der Waals surface area contributed by atoms with E-state index in [-0.39, 0.29) is 11.9 Å². The van der Waals surface area contributed by atoms with Crippen LogP contribution in [0.15, 0.2) is 35.3 Å². The smallest absolute Gasteiger partial charge is 0.251 e. The number of amides is 1. The largest absolute Gasteiger partial charge is 0.370 e. The van der Waals surface area contributed by atoms with Gasteiger partial charge in [0.05, 0.1) is 0 Å². The van der Waals surface area contributed by atoms with Crippen molar-refractivity contribution in [2.75, 3.05) is 6.54 Å². The van der Waals surface area contributed by atoms with E-state index in [1.807, 2.05) is 0 Å². The van der Waals surface area contributed by atoms with Gasteiger partial charge in [-0.15, -0.1) is 0 Å². The fourth-order valence-electron chi connectivity index (χ4n) is 1.58. The minimum absolute atomic E-state index is 0.00734. The number of aliphatic imine (C=N–C) groups is 1. The van der Waals surface area contributed by atoms with Crippen molar-refractivity contribution in [1.82, 2.24) is 5.32 Å². The van der Waals surface area contributed by atoms with Crippen LogP contribution in [0.4, 0.5) is 0 Å². The number of nitrogens with one attached hydrogen (secondary N) is 1. The molecule has 0 radical (unpaired) electrons. The van der Waals surface area contributed by atoms with Crippen LogP contribution in [0, 0.1) is 0 Å². The predicted octanol–water partition coefficient (Wildman–Crippen LogP) is 0.604. The molecule has 5 N–H and O–H groups in total. The van der Waals surface area contributed by atoms with Crippen molar-refractivity contribution < 1.29 is 9.59 Å². The molecule has 6 nitrogen and oxygen atoms in total. The van der Waals surface area contributed by atoms with Crippen LogP contribution in [0.2, 0.25) is 0 Å². The van der Waals surface area contributed by atoms with Gasteiger partial charge in [0.2, 0.25) is 5.24 Å². The second kappa shape index (κ2) is 8.16. The molecule has 0 bridgehead atoms. The molecular weight excluding hydrogens is 280 g/mol. The number of nitrogens with two attached hydrogens (primary N) is 2. The van der Waals surface area contributed by atoms with Crippen LogP contribution in [0.1, 0.15) is 23.2 Å². The lowest BCUT2D eigenvalue weighted by Crippen LogP contribution is -2.39. The Bertz CT molecular complexity index is 486. The number of hydrogen-bond donors (Lipinski definition) is 3. The molecule has 108 valence electrons. The zero-order chi connectivity index (χ0) is 15.0. The van der Waals surface area contributed by atoms with E-state index in [9.17, 15) is 9.59 Å². The predicted molar refractivity (Wildman–Crippen MR) is 78.5 cm³/mol. The Labute approximate surface area is 122 Å². The van der Waals surface area contributed by atoms with Crippen LogP contribution in [0.3, 0.4) is 0 Å². The van der Waals surface area contributed by atoms with E-state index in [1.54, 1.807) is 30.3 Å². The van der Waals surface area contributed by atoms with Gasteiger partial charge >= 0.3 is 0 Å². The Morgan fingerprint density at radius 3 is 2.45 bits per heavy atom. The maximum Gasteiger partial charge on any atom is 0.251 e. The Morgan fingerprint density at radius 1 is 1.25 bits per heavy atom. The van der Waals surface area contributed by atoms with E-state index >= 15 is 0 Å². The number of benzene rings is 1. The molecule has 0 aromatic heterocycles. The molecule has 0 aliphatic carbocycles. The Kier molecular flexibility index (Phi) is 6.52. The summed E-state index contributed by atoms with van der Waals surface area (Å²) in [7, 11) is 0. The van der Waals surface area contributed by atoms with Crippen molar-refractivity contribution in [3.8, 4) is 0 Å². The molecule has 1 rings (SSSR count). The van der Waals surface area contributed by atoms with Crippen LogP contribution in [0.25, 0.3) is 0 Å². The number of guanidine groups is 1. The van der Waals surface area contributed by atoms with Crippen LogP contribution < -0.4 is 16.8 Å². The van der Waals surface area contributed by atoms with Crippen LogP contribution >= 0.6 is 11.6 Å². The van der Waals surface area contributed by atoms with Gasteiger partial charge in [0.25, 0.3) is 5.91 Å². The highest BCUT2D eigenvalue weighted by atomic mass is 35.5. The molecule has 0 heterocycles. The van der Waals surface area contributed by atoms with Crippen molar-refractivity contribution in [3.05, 3.63) is 35.9 Å². The third kappa shape index (κ3) is 5.71. The Morgan fingerprint density at radius 2 is 1.90 bits per heavy atom. The number of hydrogen-bond acceptors (Lipinski definition) is 3. The van der Waals surface area contributed by atoms with E-state index in [0.29, 0.717) is 24.9 Å². The van der Waals surface area contributed by atoms with Gasteiger partial charge in [0, 0.05) is 12.1 Å². The molecule has 1 unspecified atom stereocenters. The molecule has 0 fully saturated rings. The van der Waals surface area contributed by atoms with E-state index in [1.165, 1.54) is 0 Å². The quantitative estimate of drug-likeness (QED) is 0.296. The first kappa shape index (κ1) is 16.0. The highest BCUT2D eigenvalue weighted by Crippen LogP contribution is 2.05. The van der Waals surface area contributed by atoms with Gasteiger partial charge in [-0.3, -0.25) is 14.6 Å². The number of carbonyl (C=O) groups is 2. The summed E-state index contributed by atoms with van der Waals surface area (Å²) >= 11 is 5.48. The maximum atomic E-state index is 11.9. The first-order valence-corrected chi connectivity index (χ1v) is 6.49. The summed E-state index contributed by atoms with van der Waals surface area (Å²) in [4.78, 5) is 27.0. The number of nitrogens with zero attached hydrogens (tertiary/aromatic N) is 1. The van der Waals surface area contributed by atoms with E-state index in [0.717, 1.165) is 0 Å². The fourth-order valence-corrected chi connectivity index (χ4v) is 1.74. The van der Waals surface area contributed by atoms with E-state index in [4.69, 9.17) is 23.1 Å². The second-order valence-corrected chi connectivity index (χ2v) is 4.52. The Hall–Kier alpha value is -2.08. The average Bonchev–Trinajstić information content (AvgIpc) is 2.42. The van der Waals surface area contributed by atoms with Crippen LogP contribution in [0.5, 0.6) is 0 Å². The van der Waals surface area contributed by atoms with Gasteiger partial charge in [0.1, 0.15) is 6.04 Å². The van der Waals surface area contributed by atoms with Crippen molar-refractivity contribution in [2.24, 2.45) is 16.5 Å². The lowest BCUT2D eigenvalue weighted by molar-refractivity contribution is -0.113. The maximum absolute atomic E-state index is 11.9. The van der Waals surface area contributed by atoms with E-state index in [2.05, 4.69) is 10.3 Å². The second-order valence-electron chi connectivity index (χ2n) is 4.14. The van der Waals surface area contributed by atoms with Gasteiger partial charge in [-0.2, -0.15) is 0 Å². The normalized spacial score (nSPS) is 11.4. The zero-order valence-corrected chi connectivity index (χ0v) is 11.6. The highest BCUT2D eigenvalue weighted by Gasteiger charge is 2.19. The molecule has 1 aromatic carbocycles. The van der Waals surface area contributed by atoms with Crippen molar-refractivity contribution >= 4 is 28.7 Å². The summed E-state index contributed by atoms with van der Waals surface area (Å²) in [5, 5.41) is 1.98. The van der Waals surface area contributed by atoms with Crippen molar-refractivity contribution in [2.45, 2.75) is 18.9 Å². The third-order valence-corrected chi connectivity index (χ3v) is 2.82. The minimum atomic E-state index is -0.751. The SMILES string of the molecule is NC(N)=NCCCC(NC(=O)c1ccccc1)C(=O)Cl. The first-order valence-electron chi connectivity index (χ1n) is 6.11. The molecule has 0 aliphatic heterocycles. The van der Waals surface area contributed by atoms with Gasteiger partial charge in [0.15, 0.2) is 5.96 Å². The molecular formula is C13H17ClN4O2. The van der Waals surface area contributed by atoms with Crippen LogP contribution in [-0.4, -0.2) is 29.7 Å². The summed E-state index contributed by atoms with van der Waals surface area (Å²) in [6.07, 6.45) is 0.910. The molecule has 0 aliphatic rings. The summed E-state index contributed by atoms with van der Waals surface area (Å²) < 4.78 is 0. The van der Waals surface area contributed by atoms with Gasteiger partial charge in [-0.25, -0.2) is 0 Å². The number of rotatable bonds is 7. The monoisotopic (exact) mass is 296 g/mol. The van der Waals surface area contributed by atoms with E-state index < -0.39 is 11.3 Å². The average molecular weight is 297 g/mol. The molecule has 0 saturated heterocycles. The molecule has 1 atom stereocenters. The number of halogens is 1. The Balaban J connectivity index is 2.53. The summed E-state index contributed by atoms with van der Waals surface area (Å²) in [5.41, 5.74) is 10.9. The van der Waals surface area contributed by atoms with Gasteiger partial charge in [-0.1, -0.05) is 18.2 Å². The molecule has 20 heavy (non-hydrogen) atoms. The highest BCUT2D eigenvalue weighted by molar-refractivity contribution is 6.64. The lowest BCUT2D eigenvalue weighted by Gasteiger charge is -2.14. The summed E-state index contributed by atoms with van der Waals surface area (Å²) in [6.45, 7) is 0.379. The number of carbonyl (C=O) groups excluding carboxylic acids is 2. The standard InChI is InChI=1S/C13H17ClN4O2/c14-11(19)10(7-4-8-17-13(15)16)18-12(20)9-5-2-1-3-6-9/h1-3,5-6,10H,4,7-8H2,(H,18,20)(H4,15,16,17). The van der Waals surface area contributed by atoms with Gasteiger partial charge < -0.3 is 16.8 Å². The lowest BCUT2D eigenvalue weighted by atomic mass is 10.1. The first-order chi connectivity index (χ1) is 9.50. The molecule has 0 spiro atoms. The van der Waals surface area contributed by atoms with Crippen molar-refractivity contribution in [1.29, 1.82) is 0 Å². The fraction of sp³-hybridized carbons (Fsp3) is 0.308. The topological polar surface area (TPSA) is 111 Å². The summed E-state index contributed by atoms with van der Waals surface area (Å²) in [6, 6.07) is 7.85. The third-order valence-electron chi connectivity index (χ3n) is 2.56. The van der Waals surface area contributed by atoms with Gasteiger partial charge in [-0.05, 0) is 36.6 Å². The molecule has 0 saturated carbocycles. The zero-order valence-electron chi connectivity index (χ0n) is 10.9. The molecule has 1 amide bonds. The molecule has 1 aromatic rings. The van der Waals surface area contributed by atoms with Crippen LogP contribution in [-0.2, 0) is 4.79 Å². The molecule has 7 heteroatoms.